The first-order valence-electron chi connectivity index (χ1n) is 5.94. The van der Waals surface area contributed by atoms with Crippen LogP contribution in [0.4, 0.5) is 5.13 Å². The molecule has 1 heterocycles. The molecule has 0 atom stereocenters. The van der Waals surface area contributed by atoms with Crippen molar-refractivity contribution in [2.45, 2.75) is 32.2 Å². The molecule has 0 aliphatic heterocycles. The maximum Gasteiger partial charge on any atom is 0.202 e. The van der Waals surface area contributed by atoms with Gasteiger partial charge in [0.2, 0.25) is 5.13 Å². The fraction of sp³-hybridized carbons (Fsp3) is 0.385. The summed E-state index contributed by atoms with van der Waals surface area (Å²) in [5.74, 6) is 0.919. The number of benzene rings is 1. The number of nitrogens with zero attached hydrogens (tertiary/aromatic N) is 2. The monoisotopic (exact) mass is 245 g/mol. The zero-order chi connectivity index (χ0) is 11.7. The van der Waals surface area contributed by atoms with E-state index in [9.17, 15) is 0 Å². The molecule has 1 aromatic carbocycles. The Hall–Kier alpha value is -1.42. The zero-order valence-corrected chi connectivity index (χ0v) is 10.6. The number of aryl methyl sites for hydroxylation is 1. The third-order valence-electron chi connectivity index (χ3n) is 2.86. The highest BCUT2D eigenvalue weighted by Crippen LogP contribution is 2.25. The predicted octanol–water partition coefficient (Wildman–Crippen LogP) is 3.01. The Kier molecular flexibility index (Phi) is 2.81. The number of hydrogen-bond acceptors (Lipinski definition) is 4. The summed E-state index contributed by atoms with van der Waals surface area (Å²) in [6.07, 6.45) is 3.36. The number of hydrogen-bond donors (Lipinski definition) is 1. The first kappa shape index (κ1) is 10.7. The lowest BCUT2D eigenvalue weighted by Crippen LogP contribution is -2.00. The fourth-order valence-electron chi connectivity index (χ4n) is 1.68. The fourth-order valence-corrected chi connectivity index (χ4v) is 2.34. The second-order valence-electron chi connectivity index (χ2n) is 4.60. The van der Waals surface area contributed by atoms with E-state index in [0.29, 0.717) is 6.04 Å². The Morgan fingerprint density at radius 1 is 1.29 bits per heavy atom. The lowest BCUT2D eigenvalue weighted by Gasteiger charge is -1.98. The first-order valence-corrected chi connectivity index (χ1v) is 6.71. The van der Waals surface area contributed by atoms with Gasteiger partial charge in [-0.3, -0.25) is 0 Å². The Balaban J connectivity index is 1.67. The second kappa shape index (κ2) is 4.45. The molecular weight excluding hydrogens is 230 g/mol. The molecule has 4 heteroatoms. The minimum Gasteiger partial charge on any atom is -0.358 e. The van der Waals surface area contributed by atoms with Gasteiger partial charge in [-0.05, 0) is 25.3 Å². The van der Waals surface area contributed by atoms with Crippen LogP contribution in [0.3, 0.4) is 0 Å². The lowest BCUT2D eigenvalue weighted by molar-refractivity contribution is 1.02. The van der Waals surface area contributed by atoms with E-state index < -0.39 is 0 Å². The van der Waals surface area contributed by atoms with Crippen molar-refractivity contribution in [1.82, 2.24) is 9.36 Å². The quantitative estimate of drug-likeness (QED) is 0.899. The third kappa shape index (κ3) is 2.82. The van der Waals surface area contributed by atoms with Crippen molar-refractivity contribution in [3.63, 3.8) is 0 Å². The van der Waals surface area contributed by atoms with Crippen LogP contribution in [0.15, 0.2) is 24.3 Å². The maximum atomic E-state index is 4.50. The van der Waals surface area contributed by atoms with Crippen LogP contribution >= 0.6 is 11.5 Å². The maximum absolute atomic E-state index is 4.50. The molecule has 88 valence electrons. The van der Waals surface area contributed by atoms with Gasteiger partial charge in [0, 0.05) is 24.0 Å². The summed E-state index contributed by atoms with van der Waals surface area (Å²) >= 11 is 1.47. The van der Waals surface area contributed by atoms with E-state index in [4.69, 9.17) is 0 Å². The van der Waals surface area contributed by atoms with Gasteiger partial charge >= 0.3 is 0 Å². The standard InChI is InChI=1S/C13H15N3S/c1-9-2-4-10(5-3-9)8-12-15-13(17-16-12)14-11-6-7-11/h2-5,11H,6-8H2,1H3,(H,14,15,16). The van der Waals surface area contributed by atoms with Crippen LogP contribution in [-0.4, -0.2) is 15.4 Å². The molecule has 1 N–H and O–H groups in total. The van der Waals surface area contributed by atoms with E-state index in [1.807, 2.05) is 0 Å². The van der Waals surface area contributed by atoms with Crippen molar-refractivity contribution in [3.8, 4) is 0 Å². The molecule has 1 aliphatic rings. The minimum atomic E-state index is 0.648. The Morgan fingerprint density at radius 2 is 2.06 bits per heavy atom. The molecule has 0 amide bonds. The average molecular weight is 245 g/mol. The van der Waals surface area contributed by atoms with Gasteiger partial charge in [-0.15, -0.1) is 0 Å². The van der Waals surface area contributed by atoms with Crippen molar-refractivity contribution in [2.24, 2.45) is 0 Å². The molecule has 0 saturated heterocycles. The summed E-state index contributed by atoms with van der Waals surface area (Å²) in [6.45, 7) is 2.10. The highest BCUT2D eigenvalue weighted by molar-refractivity contribution is 7.09. The van der Waals surface area contributed by atoms with Gasteiger partial charge in [0.15, 0.2) is 0 Å². The van der Waals surface area contributed by atoms with Crippen LogP contribution < -0.4 is 5.32 Å². The molecule has 2 aromatic rings. The number of nitrogens with one attached hydrogen (secondary N) is 1. The molecular formula is C13H15N3S. The number of rotatable bonds is 4. The summed E-state index contributed by atoms with van der Waals surface area (Å²) in [5.41, 5.74) is 2.56. The van der Waals surface area contributed by atoms with Crippen molar-refractivity contribution in [1.29, 1.82) is 0 Å². The summed E-state index contributed by atoms with van der Waals surface area (Å²) in [6, 6.07) is 9.19. The van der Waals surface area contributed by atoms with Gasteiger partial charge < -0.3 is 5.32 Å². The summed E-state index contributed by atoms with van der Waals surface area (Å²) < 4.78 is 4.38. The molecule has 3 nitrogen and oxygen atoms in total. The van der Waals surface area contributed by atoms with Gasteiger partial charge in [-0.1, -0.05) is 29.8 Å². The van der Waals surface area contributed by atoms with Gasteiger partial charge in [-0.2, -0.15) is 4.37 Å². The number of aromatic nitrogens is 2. The number of anilines is 1. The molecule has 17 heavy (non-hydrogen) atoms. The van der Waals surface area contributed by atoms with E-state index >= 15 is 0 Å². The highest BCUT2D eigenvalue weighted by Gasteiger charge is 2.22. The van der Waals surface area contributed by atoms with Crippen LogP contribution in [0.5, 0.6) is 0 Å². The van der Waals surface area contributed by atoms with Gasteiger partial charge in [0.25, 0.3) is 0 Å². The summed E-state index contributed by atoms with van der Waals surface area (Å²) in [5, 5.41) is 4.34. The predicted molar refractivity (Wildman–Crippen MR) is 70.5 cm³/mol. The molecule has 1 aliphatic carbocycles. The summed E-state index contributed by atoms with van der Waals surface area (Å²) in [7, 11) is 0. The van der Waals surface area contributed by atoms with Gasteiger partial charge in [0.1, 0.15) is 5.82 Å². The van der Waals surface area contributed by atoms with Crippen LogP contribution in [-0.2, 0) is 6.42 Å². The molecule has 0 bridgehead atoms. The average Bonchev–Trinajstić information content (AvgIpc) is 3.02. The van der Waals surface area contributed by atoms with Crippen LogP contribution in [0.2, 0.25) is 0 Å². The molecule has 1 saturated carbocycles. The van der Waals surface area contributed by atoms with E-state index in [0.717, 1.165) is 17.4 Å². The van der Waals surface area contributed by atoms with Crippen molar-refractivity contribution >= 4 is 16.7 Å². The van der Waals surface area contributed by atoms with E-state index in [-0.39, 0.29) is 0 Å². The normalized spacial score (nSPS) is 14.9. The largest absolute Gasteiger partial charge is 0.358 e. The highest BCUT2D eigenvalue weighted by atomic mass is 32.1. The Bertz CT molecular complexity index is 500. The minimum absolute atomic E-state index is 0.648. The van der Waals surface area contributed by atoms with Crippen LogP contribution in [0, 0.1) is 6.92 Å². The van der Waals surface area contributed by atoms with Crippen LogP contribution in [0.25, 0.3) is 0 Å². The Morgan fingerprint density at radius 3 is 2.76 bits per heavy atom. The smallest absolute Gasteiger partial charge is 0.202 e. The van der Waals surface area contributed by atoms with Gasteiger partial charge in [-0.25, -0.2) is 4.98 Å². The molecule has 0 spiro atoms. The van der Waals surface area contributed by atoms with Crippen molar-refractivity contribution in [2.75, 3.05) is 5.32 Å². The zero-order valence-electron chi connectivity index (χ0n) is 9.81. The summed E-state index contributed by atoms with van der Waals surface area (Å²) in [4.78, 5) is 4.50. The van der Waals surface area contributed by atoms with Crippen molar-refractivity contribution < 1.29 is 0 Å². The molecule has 0 unspecified atom stereocenters. The van der Waals surface area contributed by atoms with Crippen LogP contribution in [0.1, 0.15) is 29.8 Å². The topological polar surface area (TPSA) is 37.8 Å². The van der Waals surface area contributed by atoms with Gasteiger partial charge in [0.05, 0.1) is 0 Å². The second-order valence-corrected chi connectivity index (χ2v) is 5.35. The third-order valence-corrected chi connectivity index (χ3v) is 3.54. The first-order chi connectivity index (χ1) is 8.29. The SMILES string of the molecule is Cc1ccc(Cc2nsc(NC3CC3)n2)cc1. The Labute approximate surface area is 105 Å². The molecule has 1 fully saturated rings. The van der Waals surface area contributed by atoms with Crippen molar-refractivity contribution in [3.05, 3.63) is 41.2 Å². The molecule has 3 rings (SSSR count). The van der Waals surface area contributed by atoms with E-state index in [2.05, 4.69) is 45.9 Å². The van der Waals surface area contributed by atoms with E-state index in [1.165, 1.54) is 35.5 Å². The molecule has 0 radical (unpaired) electrons. The lowest BCUT2D eigenvalue weighted by atomic mass is 10.1. The molecule has 1 aromatic heterocycles. The van der Waals surface area contributed by atoms with E-state index in [1.54, 1.807) is 0 Å².